The van der Waals surface area contributed by atoms with Crippen LogP contribution < -0.4 is 0 Å². The van der Waals surface area contributed by atoms with Crippen LogP contribution in [-0.2, 0) is 6.42 Å². The summed E-state index contributed by atoms with van der Waals surface area (Å²) in [5, 5.41) is 28.1. The zero-order chi connectivity index (χ0) is 24.5. The number of rotatable bonds is 20. The summed E-state index contributed by atoms with van der Waals surface area (Å²) in [6, 6.07) is 2.26. The maximum Gasteiger partial charge on any atom is 0.336 e. The van der Waals surface area contributed by atoms with Crippen molar-refractivity contribution in [2.45, 2.75) is 116 Å². The van der Waals surface area contributed by atoms with E-state index in [1.165, 1.54) is 83.1 Å². The summed E-state index contributed by atoms with van der Waals surface area (Å²) in [6.45, 7) is 2.25. The smallest absolute Gasteiger partial charge is 0.336 e. The lowest BCUT2D eigenvalue weighted by Crippen LogP contribution is -2.16. The predicted octanol–water partition coefficient (Wildman–Crippen LogP) is 7.59. The van der Waals surface area contributed by atoms with Gasteiger partial charge in [-0.1, -0.05) is 103 Å². The minimum atomic E-state index is -1.40. The highest BCUT2D eigenvalue weighted by molar-refractivity contribution is 6.05. The molecule has 0 heterocycles. The minimum Gasteiger partial charge on any atom is -0.478 e. The molecule has 33 heavy (non-hydrogen) atoms. The van der Waals surface area contributed by atoms with Crippen molar-refractivity contribution >= 4 is 17.9 Å². The molecule has 0 saturated carbocycles. The van der Waals surface area contributed by atoms with Gasteiger partial charge < -0.3 is 15.3 Å². The molecule has 0 aliphatic rings. The van der Waals surface area contributed by atoms with E-state index in [-0.39, 0.29) is 23.1 Å². The second kappa shape index (κ2) is 17.2. The Morgan fingerprint density at radius 3 is 1.27 bits per heavy atom. The van der Waals surface area contributed by atoms with E-state index in [2.05, 4.69) is 6.92 Å². The van der Waals surface area contributed by atoms with Crippen LogP contribution in [0, 0.1) is 0 Å². The van der Waals surface area contributed by atoms with Crippen LogP contribution in [0.25, 0.3) is 0 Å². The molecular weight excluding hydrogens is 420 g/mol. The van der Waals surface area contributed by atoms with E-state index in [0.29, 0.717) is 6.42 Å². The van der Waals surface area contributed by atoms with Gasteiger partial charge in [0, 0.05) is 0 Å². The zero-order valence-electron chi connectivity index (χ0n) is 20.2. The van der Waals surface area contributed by atoms with Crippen LogP contribution >= 0.6 is 0 Å². The van der Waals surface area contributed by atoms with Crippen LogP contribution in [0.3, 0.4) is 0 Å². The Bertz CT molecular complexity index is 740. The first-order chi connectivity index (χ1) is 15.9. The van der Waals surface area contributed by atoms with E-state index in [1.54, 1.807) is 0 Å². The Morgan fingerprint density at radius 2 is 0.909 bits per heavy atom. The molecule has 6 heteroatoms. The van der Waals surface area contributed by atoms with E-state index >= 15 is 0 Å². The number of aromatic carboxylic acids is 3. The lowest BCUT2D eigenvalue weighted by Gasteiger charge is -2.12. The summed E-state index contributed by atoms with van der Waals surface area (Å²) in [4.78, 5) is 34.5. The Kier molecular flexibility index (Phi) is 14.9. The molecule has 0 saturated heterocycles. The highest BCUT2D eigenvalue weighted by atomic mass is 16.4. The molecular formula is C27H42O6. The third kappa shape index (κ3) is 11.4. The van der Waals surface area contributed by atoms with E-state index in [0.717, 1.165) is 25.3 Å². The summed E-state index contributed by atoms with van der Waals surface area (Å²) < 4.78 is 0. The van der Waals surface area contributed by atoms with Crippen molar-refractivity contribution in [1.82, 2.24) is 0 Å². The van der Waals surface area contributed by atoms with Crippen molar-refractivity contribution < 1.29 is 29.7 Å². The third-order valence-corrected chi connectivity index (χ3v) is 6.27. The van der Waals surface area contributed by atoms with Gasteiger partial charge in [0.05, 0.1) is 16.7 Å². The molecule has 0 unspecified atom stereocenters. The van der Waals surface area contributed by atoms with E-state index in [4.69, 9.17) is 0 Å². The Balaban J connectivity index is 2.24. The fourth-order valence-electron chi connectivity index (χ4n) is 4.38. The van der Waals surface area contributed by atoms with Crippen molar-refractivity contribution in [1.29, 1.82) is 0 Å². The average Bonchev–Trinajstić information content (AvgIpc) is 2.77. The van der Waals surface area contributed by atoms with Crippen LogP contribution in [0.15, 0.2) is 12.1 Å². The number of hydrogen-bond donors (Lipinski definition) is 3. The van der Waals surface area contributed by atoms with Gasteiger partial charge in [-0.05, 0) is 30.5 Å². The summed E-state index contributed by atoms with van der Waals surface area (Å²) >= 11 is 0. The summed E-state index contributed by atoms with van der Waals surface area (Å²) in [6.07, 6.45) is 19.8. The van der Waals surface area contributed by atoms with E-state index in [9.17, 15) is 29.7 Å². The number of carbonyl (C=O) groups is 3. The highest BCUT2D eigenvalue weighted by Gasteiger charge is 2.24. The van der Waals surface area contributed by atoms with Crippen LogP contribution in [-0.4, -0.2) is 33.2 Å². The molecule has 0 atom stereocenters. The first-order valence-corrected chi connectivity index (χ1v) is 12.8. The molecule has 6 nitrogen and oxygen atoms in total. The molecule has 0 aliphatic carbocycles. The van der Waals surface area contributed by atoms with Gasteiger partial charge in [0.1, 0.15) is 0 Å². The highest BCUT2D eigenvalue weighted by Crippen LogP contribution is 2.23. The van der Waals surface area contributed by atoms with E-state index in [1.807, 2.05) is 0 Å². The minimum absolute atomic E-state index is 0.111. The van der Waals surface area contributed by atoms with Crippen LogP contribution in [0.1, 0.15) is 146 Å². The van der Waals surface area contributed by atoms with Crippen LogP contribution in [0.2, 0.25) is 0 Å². The molecule has 0 radical (unpaired) electrons. The molecule has 0 spiro atoms. The van der Waals surface area contributed by atoms with Gasteiger partial charge >= 0.3 is 17.9 Å². The molecule has 1 rings (SSSR count). The first-order valence-electron chi connectivity index (χ1n) is 12.8. The average molecular weight is 463 g/mol. The van der Waals surface area contributed by atoms with Crippen LogP contribution in [0.4, 0.5) is 0 Å². The van der Waals surface area contributed by atoms with Gasteiger partial charge in [-0.25, -0.2) is 14.4 Å². The Hall–Kier alpha value is -2.37. The standard InChI is InChI=1S/C27H42O6/c1-2-3-4-5-6-7-8-9-10-11-12-13-14-15-16-17-18-21-22(25(28)29)19-20-23(26(30)31)24(21)27(32)33/h19-20H,2-18H2,1H3,(H,28,29)(H,30,31)(H,32,33). The van der Waals surface area contributed by atoms with Crippen LogP contribution in [0.5, 0.6) is 0 Å². The molecule has 1 aromatic rings. The number of benzene rings is 1. The quantitative estimate of drug-likeness (QED) is 0.172. The van der Waals surface area contributed by atoms with Crippen molar-refractivity contribution in [3.05, 3.63) is 34.4 Å². The lowest BCUT2D eigenvalue weighted by molar-refractivity contribution is 0.0647. The molecule has 0 bridgehead atoms. The van der Waals surface area contributed by atoms with Gasteiger partial charge in [-0.15, -0.1) is 0 Å². The second-order valence-corrected chi connectivity index (χ2v) is 8.98. The van der Waals surface area contributed by atoms with Gasteiger partial charge in [-0.3, -0.25) is 0 Å². The first kappa shape index (κ1) is 28.7. The fourth-order valence-corrected chi connectivity index (χ4v) is 4.38. The van der Waals surface area contributed by atoms with Gasteiger partial charge in [-0.2, -0.15) is 0 Å². The number of carboxylic acid groups (broad SMARTS) is 3. The molecule has 186 valence electrons. The maximum absolute atomic E-state index is 11.6. The molecule has 1 aromatic carbocycles. The Morgan fingerprint density at radius 1 is 0.545 bits per heavy atom. The molecule has 3 N–H and O–H groups in total. The lowest BCUT2D eigenvalue weighted by atomic mass is 9.91. The topological polar surface area (TPSA) is 112 Å². The van der Waals surface area contributed by atoms with Crippen molar-refractivity contribution in [3.8, 4) is 0 Å². The summed E-state index contributed by atoms with van der Waals surface area (Å²) in [5.41, 5.74) is -0.777. The fraction of sp³-hybridized carbons (Fsp3) is 0.667. The van der Waals surface area contributed by atoms with Crippen molar-refractivity contribution in [2.75, 3.05) is 0 Å². The van der Waals surface area contributed by atoms with Gasteiger partial charge in [0.2, 0.25) is 0 Å². The monoisotopic (exact) mass is 462 g/mol. The predicted molar refractivity (Wildman–Crippen MR) is 131 cm³/mol. The number of hydrogen-bond acceptors (Lipinski definition) is 3. The van der Waals surface area contributed by atoms with Gasteiger partial charge in [0.15, 0.2) is 0 Å². The number of carboxylic acids is 3. The second-order valence-electron chi connectivity index (χ2n) is 8.98. The SMILES string of the molecule is CCCCCCCCCCCCCCCCCCc1c(C(=O)O)ccc(C(=O)O)c1C(=O)O. The van der Waals surface area contributed by atoms with E-state index < -0.39 is 23.5 Å². The van der Waals surface area contributed by atoms with Crippen molar-refractivity contribution in [3.63, 3.8) is 0 Å². The largest absolute Gasteiger partial charge is 0.478 e. The third-order valence-electron chi connectivity index (χ3n) is 6.27. The molecule has 0 aromatic heterocycles. The number of unbranched alkanes of at least 4 members (excludes halogenated alkanes) is 15. The molecule has 0 fully saturated rings. The molecule has 0 aliphatic heterocycles. The van der Waals surface area contributed by atoms with Gasteiger partial charge in [0.25, 0.3) is 0 Å². The van der Waals surface area contributed by atoms with Crippen molar-refractivity contribution in [2.24, 2.45) is 0 Å². The summed E-state index contributed by atoms with van der Waals surface area (Å²) in [7, 11) is 0. The summed E-state index contributed by atoms with van der Waals surface area (Å²) in [5.74, 6) is -4.00. The Labute approximate surface area is 198 Å². The normalized spacial score (nSPS) is 10.9. The molecule has 0 amide bonds. The zero-order valence-corrected chi connectivity index (χ0v) is 20.2. The maximum atomic E-state index is 11.6.